The minimum atomic E-state index is -1.56. The van der Waals surface area contributed by atoms with Gasteiger partial charge in [0.25, 0.3) is 5.69 Å². The highest BCUT2D eigenvalue weighted by molar-refractivity contribution is 6.22. The summed E-state index contributed by atoms with van der Waals surface area (Å²) in [4.78, 5) is 38.8. The van der Waals surface area contributed by atoms with Crippen molar-refractivity contribution in [1.29, 1.82) is 0 Å². The molecule has 34 heavy (non-hydrogen) atoms. The molecule has 9 nitrogen and oxygen atoms in total. The second-order valence-electron chi connectivity index (χ2n) is 9.43. The van der Waals surface area contributed by atoms with E-state index in [4.69, 9.17) is 4.74 Å². The molecule has 2 saturated heterocycles. The Balaban J connectivity index is 1.52. The van der Waals surface area contributed by atoms with Gasteiger partial charge in [0.15, 0.2) is 5.79 Å². The lowest BCUT2D eigenvalue weighted by Gasteiger charge is -2.44. The zero-order chi connectivity index (χ0) is 24.2. The predicted molar refractivity (Wildman–Crippen MR) is 121 cm³/mol. The number of phenols is 1. The monoisotopic (exact) mass is 466 g/mol. The van der Waals surface area contributed by atoms with Gasteiger partial charge in [-0.25, -0.2) is 4.90 Å². The fraction of sp³-hybridized carbons (Fsp3) is 0.440. The van der Waals surface area contributed by atoms with Crippen LogP contribution in [-0.2, 0) is 14.3 Å². The van der Waals surface area contributed by atoms with Gasteiger partial charge in [-0.1, -0.05) is 31.5 Å². The summed E-state index contributed by atoms with van der Waals surface area (Å²) in [5, 5.41) is 32.6. The largest absolute Gasteiger partial charge is 0.508 e. The van der Waals surface area contributed by atoms with E-state index in [1.165, 1.54) is 24.3 Å². The number of hydrogen-bond acceptors (Lipinski definition) is 7. The summed E-state index contributed by atoms with van der Waals surface area (Å²) in [6, 6.07) is 12.1. The van der Waals surface area contributed by atoms with Crippen LogP contribution in [0, 0.1) is 33.8 Å². The molecule has 2 aliphatic heterocycles. The molecular formula is C25H26N2O7. The maximum Gasteiger partial charge on any atom is 0.271 e. The SMILES string of the molecule is CCC[C@H]1C[C@@H]2C(=O)N(c3cccc([N+](=O)[O-])c3)C(=O)[C@@H]2[C@@H]2C[C@@H](c3ccc(O)cc3)O[C@]12O. The Kier molecular flexibility index (Phi) is 5.41. The van der Waals surface area contributed by atoms with E-state index in [2.05, 4.69) is 0 Å². The number of fused-ring (bicyclic) bond motifs is 3. The van der Waals surface area contributed by atoms with Crippen LogP contribution in [0.4, 0.5) is 11.4 Å². The molecule has 0 bridgehead atoms. The number of nitro groups is 1. The van der Waals surface area contributed by atoms with E-state index < -0.39 is 40.5 Å². The second kappa shape index (κ2) is 8.18. The van der Waals surface area contributed by atoms with Gasteiger partial charge in [0.1, 0.15) is 5.75 Å². The van der Waals surface area contributed by atoms with Gasteiger partial charge in [0.05, 0.1) is 28.6 Å². The van der Waals surface area contributed by atoms with Crippen LogP contribution >= 0.6 is 0 Å². The molecule has 6 atom stereocenters. The number of non-ortho nitro benzene ring substituents is 1. The molecule has 0 unspecified atom stereocenters. The third kappa shape index (κ3) is 3.38. The van der Waals surface area contributed by atoms with Crippen LogP contribution in [0.15, 0.2) is 48.5 Å². The van der Waals surface area contributed by atoms with Gasteiger partial charge in [0, 0.05) is 24.0 Å². The first-order chi connectivity index (χ1) is 16.2. The molecule has 0 spiro atoms. The van der Waals surface area contributed by atoms with E-state index in [9.17, 15) is 29.9 Å². The number of nitro benzene ring substituents is 1. The van der Waals surface area contributed by atoms with Gasteiger partial charge in [-0.2, -0.15) is 0 Å². The van der Waals surface area contributed by atoms with E-state index in [0.29, 0.717) is 19.3 Å². The molecule has 1 aliphatic carbocycles. The zero-order valence-electron chi connectivity index (χ0n) is 18.7. The van der Waals surface area contributed by atoms with Crippen LogP contribution in [0.25, 0.3) is 0 Å². The molecule has 0 aromatic heterocycles. The number of nitrogens with zero attached hydrogens (tertiary/aromatic N) is 2. The third-order valence-electron chi connectivity index (χ3n) is 7.56. The standard InChI is InChI=1S/C25H26N2O7/c1-2-4-15-11-19-22(20-13-21(34-25(15,20)31)14-7-9-18(28)10-8-14)24(30)26(23(19)29)16-5-3-6-17(12-16)27(32)33/h3,5-10,12,15,19-22,28,31H,2,4,11,13H2,1H3/t15-,19-,20-,21-,22-,25+/m0/s1. The number of aliphatic hydroxyl groups is 1. The van der Waals surface area contributed by atoms with E-state index in [-0.39, 0.29) is 28.9 Å². The van der Waals surface area contributed by atoms with Crippen molar-refractivity contribution in [2.24, 2.45) is 23.7 Å². The predicted octanol–water partition coefficient (Wildman–Crippen LogP) is 3.69. The molecule has 9 heteroatoms. The summed E-state index contributed by atoms with van der Waals surface area (Å²) >= 11 is 0. The zero-order valence-corrected chi connectivity index (χ0v) is 18.7. The number of benzene rings is 2. The van der Waals surface area contributed by atoms with Crippen LogP contribution in [0.1, 0.15) is 44.3 Å². The number of imide groups is 1. The van der Waals surface area contributed by atoms with E-state index >= 15 is 0 Å². The Morgan fingerprint density at radius 2 is 1.88 bits per heavy atom. The smallest absolute Gasteiger partial charge is 0.271 e. The number of amides is 2. The third-order valence-corrected chi connectivity index (χ3v) is 7.56. The van der Waals surface area contributed by atoms with Crippen LogP contribution in [0.3, 0.4) is 0 Å². The summed E-state index contributed by atoms with van der Waals surface area (Å²) < 4.78 is 6.23. The van der Waals surface area contributed by atoms with E-state index in [0.717, 1.165) is 16.9 Å². The molecule has 178 valence electrons. The Morgan fingerprint density at radius 3 is 2.56 bits per heavy atom. The number of anilines is 1. The van der Waals surface area contributed by atoms with Crippen LogP contribution in [0.5, 0.6) is 5.75 Å². The van der Waals surface area contributed by atoms with Crippen molar-refractivity contribution in [1.82, 2.24) is 0 Å². The number of rotatable bonds is 5. The number of ether oxygens (including phenoxy) is 1. The minimum absolute atomic E-state index is 0.117. The van der Waals surface area contributed by atoms with Gasteiger partial charge < -0.3 is 14.9 Å². The van der Waals surface area contributed by atoms with Crippen LogP contribution < -0.4 is 4.90 Å². The van der Waals surface area contributed by atoms with Crippen LogP contribution in [-0.4, -0.2) is 32.7 Å². The van der Waals surface area contributed by atoms with Crippen molar-refractivity contribution in [3.63, 3.8) is 0 Å². The molecule has 5 rings (SSSR count). The number of carbonyl (C=O) groups excluding carboxylic acids is 2. The summed E-state index contributed by atoms with van der Waals surface area (Å²) in [6.07, 6.45) is 1.59. The molecule has 0 radical (unpaired) electrons. The van der Waals surface area contributed by atoms with Crippen LogP contribution in [0.2, 0.25) is 0 Å². The Hall–Kier alpha value is -3.30. The van der Waals surface area contributed by atoms with Crippen molar-refractivity contribution in [3.05, 3.63) is 64.2 Å². The second-order valence-corrected chi connectivity index (χ2v) is 9.43. The quantitative estimate of drug-likeness (QED) is 0.390. The normalized spacial score (nSPS) is 32.5. The van der Waals surface area contributed by atoms with Gasteiger partial charge in [-0.15, -0.1) is 0 Å². The number of phenolic OH excluding ortho intramolecular Hbond substituents is 1. The highest BCUT2D eigenvalue weighted by atomic mass is 16.6. The molecule has 3 fully saturated rings. The molecule has 3 aliphatic rings. The van der Waals surface area contributed by atoms with E-state index in [1.54, 1.807) is 24.3 Å². The Bertz CT molecular complexity index is 1150. The molecule has 2 heterocycles. The molecule has 2 amide bonds. The fourth-order valence-corrected chi connectivity index (χ4v) is 6.06. The van der Waals surface area contributed by atoms with Crippen molar-refractivity contribution in [2.45, 2.75) is 44.5 Å². The lowest BCUT2D eigenvalue weighted by molar-refractivity contribution is -0.384. The highest BCUT2D eigenvalue weighted by Gasteiger charge is 2.66. The van der Waals surface area contributed by atoms with Gasteiger partial charge in [-0.05, 0) is 43.0 Å². The van der Waals surface area contributed by atoms with Crippen molar-refractivity contribution in [3.8, 4) is 5.75 Å². The summed E-state index contributed by atoms with van der Waals surface area (Å²) in [6.45, 7) is 1.99. The average molecular weight is 466 g/mol. The molecule has 1 saturated carbocycles. The first-order valence-corrected chi connectivity index (χ1v) is 11.6. The van der Waals surface area contributed by atoms with Gasteiger partial charge in [-0.3, -0.25) is 19.7 Å². The van der Waals surface area contributed by atoms with E-state index in [1.807, 2.05) is 6.92 Å². The number of carbonyl (C=O) groups is 2. The summed E-state index contributed by atoms with van der Waals surface area (Å²) in [5.41, 5.74) is 0.743. The lowest BCUT2D eigenvalue weighted by Crippen LogP contribution is -2.53. The Morgan fingerprint density at radius 1 is 1.15 bits per heavy atom. The van der Waals surface area contributed by atoms with Crippen molar-refractivity contribution in [2.75, 3.05) is 4.90 Å². The average Bonchev–Trinajstić information content (AvgIpc) is 3.29. The molecular weight excluding hydrogens is 440 g/mol. The minimum Gasteiger partial charge on any atom is -0.508 e. The molecule has 2 aromatic carbocycles. The summed E-state index contributed by atoms with van der Waals surface area (Å²) in [7, 11) is 0. The Labute approximate surface area is 196 Å². The first-order valence-electron chi connectivity index (χ1n) is 11.6. The topological polar surface area (TPSA) is 130 Å². The first kappa shape index (κ1) is 22.5. The van der Waals surface area contributed by atoms with Gasteiger partial charge in [0.2, 0.25) is 11.8 Å². The number of aromatic hydroxyl groups is 1. The number of hydrogen-bond donors (Lipinski definition) is 2. The lowest BCUT2D eigenvalue weighted by atomic mass is 9.63. The van der Waals surface area contributed by atoms with Crippen molar-refractivity contribution < 1.29 is 29.5 Å². The molecule has 2 N–H and O–H groups in total. The fourth-order valence-electron chi connectivity index (χ4n) is 6.06. The van der Waals surface area contributed by atoms with Crippen molar-refractivity contribution >= 4 is 23.2 Å². The molecule has 2 aromatic rings. The maximum absolute atomic E-state index is 13.6. The summed E-state index contributed by atoms with van der Waals surface area (Å²) in [5.74, 6) is -4.59. The van der Waals surface area contributed by atoms with Gasteiger partial charge >= 0.3 is 0 Å². The highest BCUT2D eigenvalue weighted by Crippen LogP contribution is 2.59. The maximum atomic E-state index is 13.6.